The molecule has 0 saturated carbocycles. The van der Waals surface area contributed by atoms with E-state index in [4.69, 9.17) is 10.7 Å². The van der Waals surface area contributed by atoms with E-state index in [1.807, 2.05) is 19.1 Å². The molecule has 1 aliphatic heterocycles. The molecule has 1 spiro atoms. The Morgan fingerprint density at radius 1 is 1.11 bits per heavy atom. The summed E-state index contributed by atoms with van der Waals surface area (Å²) in [5.41, 5.74) is 10.9. The van der Waals surface area contributed by atoms with Crippen LogP contribution in [0.3, 0.4) is 0 Å². The first-order chi connectivity index (χ1) is 13.1. The molecular weight excluding hydrogens is 332 g/mol. The van der Waals surface area contributed by atoms with Gasteiger partial charge in [0.15, 0.2) is 5.78 Å². The van der Waals surface area contributed by atoms with Crippen LogP contribution in [0.2, 0.25) is 0 Å². The van der Waals surface area contributed by atoms with Crippen LogP contribution in [-0.2, 0) is 4.79 Å². The summed E-state index contributed by atoms with van der Waals surface area (Å²) in [5, 5.41) is 2.26. The van der Waals surface area contributed by atoms with Crippen molar-refractivity contribution in [1.82, 2.24) is 0 Å². The van der Waals surface area contributed by atoms with Crippen molar-refractivity contribution in [2.45, 2.75) is 46.0 Å². The standard InChI is InChI=1S/C24H26N2O/c1-3-4-5-6-11-21-24-13-12-19(27)15-18(24)14-17-9-7-8-10-20(17)22(24)23(25)16(2)26-21/h7-10,12-15H,3-6,11,25H2,1-2H3. The van der Waals surface area contributed by atoms with Crippen LogP contribution in [0.1, 0.15) is 46.0 Å². The normalized spacial score (nSPS) is 23.2. The van der Waals surface area contributed by atoms with E-state index in [9.17, 15) is 4.79 Å². The summed E-state index contributed by atoms with van der Waals surface area (Å²) >= 11 is 0. The molecule has 1 heterocycles. The number of nitrogens with two attached hydrogens (primary N) is 1. The molecule has 0 saturated heterocycles. The first-order valence-electron chi connectivity index (χ1n) is 9.89. The quantitative estimate of drug-likeness (QED) is 0.821. The molecule has 4 rings (SSSR count). The number of hydrogen-bond donors (Lipinski definition) is 1. The summed E-state index contributed by atoms with van der Waals surface area (Å²) in [6.07, 6.45) is 13.3. The highest BCUT2D eigenvalue weighted by atomic mass is 16.1. The van der Waals surface area contributed by atoms with Crippen LogP contribution in [0, 0.1) is 5.41 Å². The van der Waals surface area contributed by atoms with E-state index >= 15 is 0 Å². The molecule has 0 amide bonds. The monoisotopic (exact) mass is 358 g/mol. The van der Waals surface area contributed by atoms with Gasteiger partial charge >= 0.3 is 0 Å². The van der Waals surface area contributed by atoms with Crippen LogP contribution in [0.15, 0.2) is 64.5 Å². The fourth-order valence-corrected chi connectivity index (χ4v) is 4.50. The molecule has 1 aromatic rings. The minimum absolute atomic E-state index is 0.0285. The SMILES string of the molecule is CCCCCCC1=NC(C)=C(N)C2=c3ccccc3=CC3=CC(=O)C=CC312. The second-order valence-electron chi connectivity index (χ2n) is 7.62. The number of carbonyl (C=O) groups is 1. The molecule has 3 heteroatoms. The van der Waals surface area contributed by atoms with E-state index in [0.717, 1.165) is 51.5 Å². The van der Waals surface area contributed by atoms with Gasteiger partial charge in [-0.3, -0.25) is 9.79 Å². The second-order valence-corrected chi connectivity index (χ2v) is 7.62. The molecule has 1 unspecified atom stereocenters. The number of hydrogen-bond acceptors (Lipinski definition) is 3. The van der Waals surface area contributed by atoms with Crippen LogP contribution in [-0.4, -0.2) is 11.5 Å². The summed E-state index contributed by atoms with van der Waals surface area (Å²) in [7, 11) is 0. The maximum atomic E-state index is 12.2. The average molecular weight is 358 g/mol. The van der Waals surface area contributed by atoms with E-state index in [0.29, 0.717) is 0 Å². The molecular formula is C24H26N2O. The van der Waals surface area contributed by atoms with Gasteiger partial charge < -0.3 is 5.73 Å². The molecule has 3 nitrogen and oxygen atoms in total. The number of allylic oxidation sites excluding steroid dienone is 6. The number of unbranched alkanes of at least 4 members (excludes halogenated alkanes) is 3. The van der Waals surface area contributed by atoms with Crippen molar-refractivity contribution in [3.05, 3.63) is 69.9 Å². The highest BCUT2D eigenvalue weighted by Crippen LogP contribution is 2.49. The Morgan fingerprint density at radius 3 is 2.74 bits per heavy atom. The average Bonchev–Trinajstić information content (AvgIpc) is 2.67. The van der Waals surface area contributed by atoms with E-state index in [2.05, 4.69) is 31.2 Å². The van der Waals surface area contributed by atoms with E-state index in [1.54, 1.807) is 12.2 Å². The van der Waals surface area contributed by atoms with Crippen LogP contribution in [0.5, 0.6) is 0 Å². The zero-order valence-corrected chi connectivity index (χ0v) is 16.1. The molecule has 0 aromatic heterocycles. The largest absolute Gasteiger partial charge is 0.397 e. The van der Waals surface area contributed by atoms with Crippen LogP contribution in [0.4, 0.5) is 0 Å². The first-order valence-corrected chi connectivity index (χ1v) is 9.89. The Bertz CT molecular complexity index is 1050. The van der Waals surface area contributed by atoms with Crippen LogP contribution in [0.25, 0.3) is 11.6 Å². The maximum Gasteiger partial charge on any atom is 0.178 e. The fourth-order valence-electron chi connectivity index (χ4n) is 4.50. The molecule has 3 aliphatic rings. The van der Waals surface area contributed by atoms with Gasteiger partial charge in [0.1, 0.15) is 0 Å². The Kier molecular flexibility index (Phi) is 4.47. The number of nitrogens with zero attached hydrogens (tertiary/aromatic N) is 1. The molecule has 1 atom stereocenters. The number of fused-ring (bicyclic) bond motifs is 1. The van der Waals surface area contributed by atoms with Crippen LogP contribution >= 0.6 is 0 Å². The Labute approximate surface area is 160 Å². The number of aliphatic imine (C=N–C) groups is 1. The lowest BCUT2D eigenvalue weighted by molar-refractivity contribution is -0.110. The number of benzene rings is 1. The third-order valence-electron chi connectivity index (χ3n) is 5.87. The van der Waals surface area contributed by atoms with Crippen molar-refractivity contribution in [1.29, 1.82) is 0 Å². The van der Waals surface area contributed by atoms with E-state index < -0.39 is 5.41 Å². The summed E-state index contributed by atoms with van der Waals surface area (Å²) in [4.78, 5) is 17.1. The third-order valence-corrected chi connectivity index (χ3v) is 5.87. The Morgan fingerprint density at radius 2 is 1.93 bits per heavy atom. The summed E-state index contributed by atoms with van der Waals surface area (Å²) in [6.45, 7) is 4.21. The minimum atomic E-state index is -0.502. The molecule has 0 fully saturated rings. The van der Waals surface area contributed by atoms with Crippen molar-refractivity contribution < 1.29 is 4.79 Å². The zero-order valence-electron chi connectivity index (χ0n) is 16.1. The summed E-state index contributed by atoms with van der Waals surface area (Å²) in [5.74, 6) is 0.0285. The molecule has 2 N–H and O–H groups in total. The lowest BCUT2D eigenvalue weighted by Crippen LogP contribution is -2.47. The minimum Gasteiger partial charge on any atom is -0.397 e. The predicted octanol–water partition coefficient (Wildman–Crippen LogP) is 3.30. The van der Waals surface area contributed by atoms with E-state index in [1.165, 1.54) is 19.3 Å². The second kappa shape index (κ2) is 6.80. The van der Waals surface area contributed by atoms with Crippen molar-refractivity contribution in [3.63, 3.8) is 0 Å². The Hall–Kier alpha value is -2.68. The fraction of sp³-hybridized carbons (Fsp3) is 0.333. The predicted molar refractivity (Wildman–Crippen MR) is 111 cm³/mol. The zero-order chi connectivity index (χ0) is 19.0. The van der Waals surface area contributed by atoms with Gasteiger partial charge in [-0.05, 0) is 54.0 Å². The van der Waals surface area contributed by atoms with Gasteiger partial charge in [-0.25, -0.2) is 0 Å². The third kappa shape index (κ3) is 2.73. The molecule has 0 radical (unpaired) electrons. The highest BCUT2D eigenvalue weighted by molar-refractivity contribution is 6.15. The van der Waals surface area contributed by atoms with Gasteiger partial charge in [-0.2, -0.15) is 0 Å². The van der Waals surface area contributed by atoms with Gasteiger partial charge in [0, 0.05) is 11.3 Å². The van der Waals surface area contributed by atoms with Crippen molar-refractivity contribution >= 4 is 23.1 Å². The first kappa shape index (κ1) is 17.7. The highest BCUT2D eigenvalue weighted by Gasteiger charge is 2.46. The van der Waals surface area contributed by atoms with Crippen molar-refractivity contribution in [3.8, 4) is 0 Å². The molecule has 0 bridgehead atoms. The lowest BCUT2D eigenvalue weighted by Gasteiger charge is -2.42. The van der Waals surface area contributed by atoms with Crippen molar-refractivity contribution in [2.24, 2.45) is 16.1 Å². The molecule has 138 valence electrons. The van der Waals surface area contributed by atoms with Gasteiger partial charge in [-0.1, -0.05) is 56.5 Å². The van der Waals surface area contributed by atoms with Gasteiger partial charge in [-0.15, -0.1) is 0 Å². The summed E-state index contributed by atoms with van der Waals surface area (Å²) < 4.78 is 0. The Balaban J connectivity index is 1.96. The van der Waals surface area contributed by atoms with Gasteiger partial charge in [0.05, 0.1) is 16.8 Å². The number of ketones is 1. The van der Waals surface area contributed by atoms with Gasteiger partial charge in [0.2, 0.25) is 0 Å². The number of carbonyl (C=O) groups excluding carboxylic acids is 1. The van der Waals surface area contributed by atoms with E-state index in [-0.39, 0.29) is 5.78 Å². The molecule has 27 heavy (non-hydrogen) atoms. The molecule has 1 aromatic carbocycles. The van der Waals surface area contributed by atoms with Crippen molar-refractivity contribution in [2.75, 3.05) is 0 Å². The summed E-state index contributed by atoms with van der Waals surface area (Å²) in [6, 6.07) is 8.30. The smallest absolute Gasteiger partial charge is 0.178 e. The lowest BCUT2D eigenvalue weighted by atomic mass is 9.62. The maximum absolute atomic E-state index is 12.2. The molecule has 2 aliphatic carbocycles. The topological polar surface area (TPSA) is 55.4 Å². The van der Waals surface area contributed by atoms with Crippen LogP contribution < -0.4 is 16.2 Å². The van der Waals surface area contributed by atoms with Gasteiger partial charge in [0.25, 0.3) is 0 Å². The number of rotatable bonds is 5.